The van der Waals surface area contributed by atoms with Gasteiger partial charge < -0.3 is 5.32 Å². The fourth-order valence-corrected chi connectivity index (χ4v) is 5.18. The fourth-order valence-electron chi connectivity index (χ4n) is 5.18. The van der Waals surface area contributed by atoms with Gasteiger partial charge in [-0.3, -0.25) is 0 Å². The summed E-state index contributed by atoms with van der Waals surface area (Å²) in [6.45, 7) is 0. The van der Waals surface area contributed by atoms with E-state index in [9.17, 15) is 0 Å². The predicted octanol–water partition coefficient (Wildman–Crippen LogP) is 9.19. The van der Waals surface area contributed by atoms with Crippen molar-refractivity contribution in [3.05, 3.63) is 157 Å². The van der Waals surface area contributed by atoms with Gasteiger partial charge in [0.1, 0.15) is 0 Å². The highest BCUT2D eigenvalue weighted by atomic mass is 15.0. The minimum absolute atomic E-state index is 0.0188. The molecule has 4 nitrogen and oxygen atoms in total. The molecule has 0 amide bonds. The molecule has 7 rings (SSSR count). The molecule has 6 aromatic rings. The molecule has 2 heterocycles. The van der Waals surface area contributed by atoms with Crippen molar-refractivity contribution in [3.63, 3.8) is 0 Å². The Labute approximate surface area is 233 Å². The van der Waals surface area contributed by atoms with Gasteiger partial charge in [0.25, 0.3) is 0 Å². The Morgan fingerprint density at radius 1 is 0.475 bits per heavy atom. The average molecular weight is 514 g/mol. The van der Waals surface area contributed by atoms with E-state index in [1.54, 1.807) is 0 Å². The molecular formula is C36H25N4-. The van der Waals surface area contributed by atoms with E-state index >= 15 is 0 Å². The lowest BCUT2D eigenvalue weighted by atomic mass is 9.89. The molecule has 1 aliphatic rings. The van der Waals surface area contributed by atoms with Crippen LogP contribution in [0.3, 0.4) is 0 Å². The van der Waals surface area contributed by atoms with Gasteiger partial charge in [-0.2, -0.15) is 6.20 Å². The molecule has 190 valence electrons. The second-order valence-electron chi connectivity index (χ2n) is 9.69. The van der Waals surface area contributed by atoms with Gasteiger partial charge in [0.2, 0.25) is 0 Å². The molecule has 1 aliphatic heterocycles. The first-order valence-corrected chi connectivity index (χ1v) is 13.4. The molecule has 1 aromatic heterocycles. The monoisotopic (exact) mass is 513 g/mol. The van der Waals surface area contributed by atoms with Crippen LogP contribution >= 0.6 is 0 Å². The second kappa shape index (κ2) is 10.4. The third-order valence-electron chi connectivity index (χ3n) is 7.15. The number of aromatic nitrogens is 3. The van der Waals surface area contributed by atoms with Crippen LogP contribution in [-0.4, -0.2) is 15.0 Å². The van der Waals surface area contributed by atoms with Crippen LogP contribution in [0, 0.1) is 0 Å². The van der Waals surface area contributed by atoms with E-state index in [2.05, 4.69) is 72.8 Å². The van der Waals surface area contributed by atoms with Crippen LogP contribution in [0.25, 0.3) is 61.4 Å². The molecule has 0 spiro atoms. The standard InChI is InChI=1S/C36H25N4/c1-3-12-27(13-4-1)34-38-35(28-14-5-2-6-15-28)40-36(39-34)29-20-18-26(19-21-29)33-30-16-8-7-11-25(30)22-23-31(33)32-17-9-10-24-37-32/h1-24,32H/q-1. The number of allylic oxidation sites excluding steroid dienone is 2. The van der Waals surface area contributed by atoms with Crippen LogP contribution in [0.5, 0.6) is 0 Å². The minimum Gasteiger partial charge on any atom is -0.681 e. The zero-order valence-electron chi connectivity index (χ0n) is 21.7. The van der Waals surface area contributed by atoms with E-state index in [0.717, 1.165) is 22.3 Å². The molecule has 1 atom stereocenters. The zero-order valence-corrected chi connectivity index (χ0v) is 21.7. The van der Waals surface area contributed by atoms with Crippen molar-refractivity contribution in [2.45, 2.75) is 6.04 Å². The number of rotatable bonds is 5. The fraction of sp³-hybridized carbons (Fsp3) is 0.0278. The normalized spacial score (nSPS) is 14.2. The molecule has 0 saturated carbocycles. The molecule has 0 radical (unpaired) electrons. The van der Waals surface area contributed by atoms with E-state index in [4.69, 9.17) is 20.3 Å². The molecule has 0 aliphatic carbocycles. The Balaban J connectivity index is 1.34. The third-order valence-corrected chi connectivity index (χ3v) is 7.15. The van der Waals surface area contributed by atoms with Crippen LogP contribution in [0.15, 0.2) is 146 Å². The summed E-state index contributed by atoms with van der Waals surface area (Å²) in [5.74, 6) is 1.96. The van der Waals surface area contributed by atoms with E-state index < -0.39 is 0 Å². The minimum atomic E-state index is -0.0188. The number of benzene rings is 5. The van der Waals surface area contributed by atoms with E-state index in [1.165, 1.54) is 21.9 Å². The van der Waals surface area contributed by atoms with Crippen molar-refractivity contribution in [1.29, 1.82) is 0 Å². The van der Waals surface area contributed by atoms with Crippen molar-refractivity contribution < 1.29 is 0 Å². The van der Waals surface area contributed by atoms with Crippen molar-refractivity contribution in [2.24, 2.45) is 0 Å². The smallest absolute Gasteiger partial charge is 0.164 e. The summed E-state index contributed by atoms with van der Waals surface area (Å²) < 4.78 is 0. The molecule has 0 saturated heterocycles. The largest absolute Gasteiger partial charge is 0.681 e. The highest BCUT2D eigenvalue weighted by molar-refractivity contribution is 5.99. The van der Waals surface area contributed by atoms with Gasteiger partial charge in [0.05, 0.1) is 0 Å². The molecule has 1 unspecified atom stereocenters. The van der Waals surface area contributed by atoms with Crippen LogP contribution < -0.4 is 0 Å². The second-order valence-corrected chi connectivity index (χ2v) is 9.69. The lowest BCUT2D eigenvalue weighted by molar-refractivity contribution is 1.03. The Hall–Kier alpha value is -5.35. The van der Waals surface area contributed by atoms with Crippen molar-refractivity contribution >= 4 is 10.8 Å². The first kappa shape index (κ1) is 23.7. The molecule has 0 N–H and O–H groups in total. The molecule has 40 heavy (non-hydrogen) atoms. The number of fused-ring (bicyclic) bond motifs is 1. The van der Waals surface area contributed by atoms with Crippen LogP contribution in [0.1, 0.15) is 11.6 Å². The van der Waals surface area contributed by atoms with E-state index in [1.807, 2.05) is 72.9 Å². The van der Waals surface area contributed by atoms with Crippen molar-refractivity contribution in [2.75, 3.05) is 0 Å². The summed E-state index contributed by atoms with van der Waals surface area (Å²) >= 11 is 0. The summed E-state index contributed by atoms with van der Waals surface area (Å²) in [7, 11) is 0. The van der Waals surface area contributed by atoms with Gasteiger partial charge in [0.15, 0.2) is 17.5 Å². The maximum absolute atomic E-state index is 4.89. The Morgan fingerprint density at radius 3 is 1.62 bits per heavy atom. The number of nitrogens with zero attached hydrogens (tertiary/aromatic N) is 4. The van der Waals surface area contributed by atoms with Crippen LogP contribution in [0.2, 0.25) is 0 Å². The summed E-state index contributed by atoms with van der Waals surface area (Å²) in [5.41, 5.74) is 6.37. The first-order chi connectivity index (χ1) is 19.8. The van der Waals surface area contributed by atoms with Crippen molar-refractivity contribution in [1.82, 2.24) is 15.0 Å². The van der Waals surface area contributed by atoms with Gasteiger partial charge in [-0.05, 0) is 21.9 Å². The van der Waals surface area contributed by atoms with Gasteiger partial charge in [0, 0.05) is 16.7 Å². The molecule has 4 heteroatoms. The third kappa shape index (κ3) is 4.56. The lowest BCUT2D eigenvalue weighted by Gasteiger charge is -2.32. The lowest BCUT2D eigenvalue weighted by Crippen LogP contribution is -2.00. The van der Waals surface area contributed by atoms with Gasteiger partial charge in [-0.1, -0.05) is 151 Å². The molecular weight excluding hydrogens is 488 g/mol. The topological polar surface area (TPSA) is 52.8 Å². The van der Waals surface area contributed by atoms with Crippen LogP contribution in [0.4, 0.5) is 0 Å². The molecule has 0 bridgehead atoms. The summed E-state index contributed by atoms with van der Waals surface area (Å²) in [6.07, 6.45) is 8.05. The highest BCUT2D eigenvalue weighted by Gasteiger charge is 2.15. The van der Waals surface area contributed by atoms with Gasteiger partial charge in [-0.25, -0.2) is 15.0 Å². The first-order valence-electron chi connectivity index (χ1n) is 13.4. The Bertz CT molecular complexity index is 1800. The maximum Gasteiger partial charge on any atom is 0.164 e. The van der Waals surface area contributed by atoms with Crippen LogP contribution in [-0.2, 0) is 0 Å². The predicted molar refractivity (Wildman–Crippen MR) is 163 cm³/mol. The molecule has 5 aromatic carbocycles. The maximum atomic E-state index is 4.89. The quantitative estimate of drug-likeness (QED) is 0.231. The highest BCUT2D eigenvalue weighted by Crippen LogP contribution is 2.40. The summed E-state index contributed by atoms with van der Waals surface area (Å²) in [5, 5.41) is 7.16. The number of hydrogen-bond acceptors (Lipinski definition) is 3. The van der Waals surface area contributed by atoms with Gasteiger partial charge in [-0.15, -0.1) is 0 Å². The Kier molecular flexibility index (Phi) is 6.19. The summed E-state index contributed by atoms with van der Waals surface area (Å²) in [4.78, 5) is 14.6. The SMILES string of the molecule is C1=C[N-]C(c2ccc3ccccc3c2-c2ccc(-c3nc(-c4ccccc4)nc(-c4ccccc4)n3)cc2)C=C1. The van der Waals surface area contributed by atoms with Crippen molar-refractivity contribution in [3.8, 4) is 45.3 Å². The zero-order chi connectivity index (χ0) is 26.7. The average Bonchev–Trinajstić information content (AvgIpc) is 3.05. The molecule has 0 fully saturated rings. The summed E-state index contributed by atoms with van der Waals surface area (Å²) in [6, 6.07) is 41.5. The van der Waals surface area contributed by atoms with E-state index in [-0.39, 0.29) is 6.04 Å². The van der Waals surface area contributed by atoms with E-state index in [0.29, 0.717) is 17.5 Å². The number of hydrogen-bond donors (Lipinski definition) is 0. The Morgan fingerprint density at radius 2 is 1.02 bits per heavy atom. The van der Waals surface area contributed by atoms with Gasteiger partial charge >= 0.3 is 0 Å².